The smallest absolute Gasteiger partial charge is 0.270 e. The number of H-pyrrole nitrogens is 2. The van der Waals surface area contributed by atoms with Crippen molar-refractivity contribution in [1.82, 2.24) is 20.2 Å². The number of fused-ring (bicyclic) bond motifs is 4. The molecule has 0 fully saturated rings. The first-order valence-electron chi connectivity index (χ1n) is 10.0. The van der Waals surface area contributed by atoms with Gasteiger partial charge in [0.15, 0.2) is 11.6 Å². The summed E-state index contributed by atoms with van der Waals surface area (Å²) in [7, 11) is 1.54. The Balaban J connectivity index is 1.62. The first-order valence-corrected chi connectivity index (χ1v) is 10.0. The zero-order valence-electron chi connectivity index (χ0n) is 17.2. The second kappa shape index (κ2) is 7.50. The quantitative estimate of drug-likeness (QED) is 0.435. The van der Waals surface area contributed by atoms with E-state index < -0.39 is 35.0 Å². The Kier molecular flexibility index (Phi) is 4.72. The number of benzene rings is 2. The van der Waals surface area contributed by atoms with Crippen molar-refractivity contribution in [3.05, 3.63) is 80.7 Å². The highest BCUT2D eigenvalue weighted by Gasteiger charge is 2.31. The molecule has 10 heteroatoms. The lowest BCUT2D eigenvalue weighted by Gasteiger charge is -2.34. The van der Waals surface area contributed by atoms with Gasteiger partial charge in [0.05, 0.1) is 28.6 Å². The molecule has 2 aromatic heterocycles. The molecule has 0 saturated heterocycles. The fourth-order valence-corrected chi connectivity index (χ4v) is 4.42. The minimum absolute atomic E-state index is 0.0138. The highest BCUT2D eigenvalue weighted by atomic mass is 19.2. The summed E-state index contributed by atoms with van der Waals surface area (Å²) < 4.78 is 41.7. The van der Waals surface area contributed by atoms with E-state index in [1.165, 1.54) is 24.1 Å². The van der Waals surface area contributed by atoms with Crippen molar-refractivity contribution >= 4 is 27.6 Å². The molecule has 2 aromatic carbocycles. The summed E-state index contributed by atoms with van der Waals surface area (Å²) in [5, 5.41) is 13.0. The number of nitrogens with one attached hydrogen (secondary N) is 3. The number of nitrogens with zero attached hydrogens (tertiary/aromatic N) is 2. The maximum atomic E-state index is 14.1. The van der Waals surface area contributed by atoms with Gasteiger partial charge in [-0.2, -0.15) is 5.26 Å². The molecule has 3 heterocycles. The molecule has 1 aliphatic rings. The van der Waals surface area contributed by atoms with Crippen LogP contribution in [0.25, 0.3) is 21.7 Å². The van der Waals surface area contributed by atoms with Crippen LogP contribution in [-0.4, -0.2) is 34.4 Å². The van der Waals surface area contributed by atoms with Crippen molar-refractivity contribution < 1.29 is 18.0 Å². The molecule has 0 spiro atoms. The lowest BCUT2D eigenvalue weighted by molar-refractivity contribution is 0.0718. The third-order valence-corrected chi connectivity index (χ3v) is 6.00. The van der Waals surface area contributed by atoms with Crippen molar-refractivity contribution in [1.29, 1.82) is 5.26 Å². The van der Waals surface area contributed by atoms with Crippen LogP contribution in [-0.2, 0) is 6.54 Å². The first-order chi connectivity index (χ1) is 15.8. The van der Waals surface area contributed by atoms with Crippen molar-refractivity contribution in [2.75, 3.05) is 13.6 Å². The molecular formula is C23H16F3N5O2. The number of nitriles is 1. The van der Waals surface area contributed by atoms with E-state index in [2.05, 4.69) is 15.3 Å². The molecule has 5 rings (SSSR count). The van der Waals surface area contributed by atoms with Crippen LogP contribution in [0.5, 0.6) is 0 Å². The van der Waals surface area contributed by atoms with Gasteiger partial charge in [-0.3, -0.25) is 9.59 Å². The maximum absolute atomic E-state index is 14.1. The number of aromatic nitrogens is 2. The topological polar surface area (TPSA) is 105 Å². The van der Waals surface area contributed by atoms with Gasteiger partial charge in [-0.25, -0.2) is 13.2 Å². The SMILES string of the molecule is CN(C(=O)c1cc2c(C#N)cc(F)cc2[nH]1)C1CNCc2[nH]c(=O)c3cc(F)c(F)cc3c21. The van der Waals surface area contributed by atoms with Gasteiger partial charge >= 0.3 is 0 Å². The van der Waals surface area contributed by atoms with Crippen molar-refractivity contribution in [3.8, 4) is 6.07 Å². The Bertz CT molecular complexity index is 1570. The number of halogens is 3. The largest absolute Gasteiger partial charge is 0.350 e. The minimum atomic E-state index is -1.14. The number of carbonyl (C=O) groups excluding carboxylic acids is 1. The van der Waals surface area contributed by atoms with Gasteiger partial charge < -0.3 is 20.2 Å². The predicted octanol–water partition coefficient (Wildman–Crippen LogP) is 3.21. The summed E-state index contributed by atoms with van der Waals surface area (Å²) in [6.07, 6.45) is 0. The number of hydrogen-bond donors (Lipinski definition) is 3. The zero-order valence-corrected chi connectivity index (χ0v) is 17.2. The molecule has 3 N–H and O–H groups in total. The van der Waals surface area contributed by atoms with Crippen LogP contribution in [0.15, 0.2) is 35.1 Å². The molecule has 1 amide bonds. The number of likely N-dealkylation sites (N-methyl/N-ethyl adjacent to an activating group) is 1. The van der Waals surface area contributed by atoms with Crippen LogP contribution in [0.1, 0.15) is 33.4 Å². The molecule has 166 valence electrons. The zero-order chi connectivity index (χ0) is 23.4. The van der Waals surface area contributed by atoms with E-state index in [1.807, 2.05) is 6.07 Å². The Morgan fingerprint density at radius 2 is 1.79 bits per heavy atom. The normalized spacial score (nSPS) is 15.4. The van der Waals surface area contributed by atoms with Crippen LogP contribution < -0.4 is 10.9 Å². The highest BCUT2D eigenvalue weighted by molar-refractivity contribution is 6.00. The number of aromatic amines is 2. The monoisotopic (exact) mass is 451 g/mol. The van der Waals surface area contributed by atoms with Crippen molar-refractivity contribution in [3.63, 3.8) is 0 Å². The van der Waals surface area contributed by atoms with Gasteiger partial charge in [-0.15, -0.1) is 0 Å². The molecule has 1 atom stereocenters. The van der Waals surface area contributed by atoms with E-state index in [1.54, 1.807) is 0 Å². The average Bonchev–Trinajstić information content (AvgIpc) is 3.22. The Labute approximate surface area is 184 Å². The number of amides is 1. The second-order valence-corrected chi connectivity index (χ2v) is 7.93. The summed E-state index contributed by atoms with van der Waals surface area (Å²) in [6, 6.07) is 6.87. The van der Waals surface area contributed by atoms with E-state index in [0.717, 1.165) is 18.2 Å². The van der Waals surface area contributed by atoms with Gasteiger partial charge in [0.25, 0.3) is 11.5 Å². The summed E-state index contributed by atoms with van der Waals surface area (Å²) in [5.74, 6) is -3.30. The molecule has 0 aliphatic carbocycles. The molecule has 1 aliphatic heterocycles. The molecule has 4 aromatic rings. The third kappa shape index (κ3) is 3.25. The van der Waals surface area contributed by atoms with E-state index in [4.69, 9.17) is 0 Å². The van der Waals surface area contributed by atoms with E-state index in [-0.39, 0.29) is 28.6 Å². The molecule has 0 radical (unpaired) electrons. The lowest BCUT2D eigenvalue weighted by atomic mass is 9.93. The highest BCUT2D eigenvalue weighted by Crippen LogP contribution is 2.33. The van der Waals surface area contributed by atoms with Gasteiger partial charge in [0.2, 0.25) is 0 Å². The number of carbonyl (C=O) groups is 1. The van der Waals surface area contributed by atoms with Crippen LogP contribution in [0, 0.1) is 28.8 Å². The molecular weight excluding hydrogens is 435 g/mol. The number of hydrogen-bond acceptors (Lipinski definition) is 4. The molecule has 0 saturated carbocycles. The van der Waals surface area contributed by atoms with E-state index in [9.17, 15) is 28.0 Å². The number of pyridine rings is 1. The first kappa shape index (κ1) is 20.8. The van der Waals surface area contributed by atoms with Crippen LogP contribution in [0.4, 0.5) is 13.2 Å². The molecule has 0 bridgehead atoms. The number of rotatable bonds is 2. The van der Waals surface area contributed by atoms with E-state index >= 15 is 0 Å². The summed E-state index contributed by atoms with van der Waals surface area (Å²) in [4.78, 5) is 32.7. The third-order valence-electron chi connectivity index (χ3n) is 6.00. The summed E-state index contributed by atoms with van der Waals surface area (Å²) >= 11 is 0. The van der Waals surface area contributed by atoms with Gasteiger partial charge in [0, 0.05) is 36.8 Å². The van der Waals surface area contributed by atoms with Crippen LogP contribution in [0.3, 0.4) is 0 Å². The lowest BCUT2D eigenvalue weighted by Crippen LogP contribution is -2.42. The van der Waals surface area contributed by atoms with Crippen molar-refractivity contribution in [2.45, 2.75) is 12.6 Å². The summed E-state index contributed by atoms with van der Waals surface area (Å²) in [5.41, 5.74) is 0.956. The standard InChI is InChI=1S/C23H16F3N5O2/c1-31(23(33)18-6-12-10(7-27)2-11(24)3-17(12)29-18)20-9-28-8-19-21(20)13-4-15(25)16(26)5-14(13)22(32)30-19/h2-6,20,28-29H,8-9H2,1H3,(H,30,32). The van der Waals surface area contributed by atoms with Crippen molar-refractivity contribution in [2.24, 2.45) is 0 Å². The average molecular weight is 451 g/mol. The molecule has 7 nitrogen and oxygen atoms in total. The molecule has 33 heavy (non-hydrogen) atoms. The predicted molar refractivity (Wildman–Crippen MR) is 114 cm³/mol. The fourth-order valence-electron chi connectivity index (χ4n) is 4.42. The molecule has 1 unspecified atom stereocenters. The van der Waals surface area contributed by atoms with Gasteiger partial charge in [0.1, 0.15) is 11.5 Å². The van der Waals surface area contributed by atoms with E-state index in [0.29, 0.717) is 28.7 Å². The second-order valence-electron chi connectivity index (χ2n) is 7.93. The minimum Gasteiger partial charge on any atom is -0.350 e. The summed E-state index contributed by atoms with van der Waals surface area (Å²) in [6.45, 7) is 0.586. The van der Waals surface area contributed by atoms with Gasteiger partial charge in [-0.05, 0) is 35.7 Å². The van der Waals surface area contributed by atoms with Crippen LogP contribution >= 0.6 is 0 Å². The maximum Gasteiger partial charge on any atom is 0.270 e. The fraction of sp³-hybridized carbons (Fsp3) is 0.174. The Morgan fingerprint density at radius 3 is 2.52 bits per heavy atom. The Hall–Kier alpha value is -4.10. The Morgan fingerprint density at radius 1 is 1.06 bits per heavy atom. The van der Waals surface area contributed by atoms with Gasteiger partial charge in [-0.1, -0.05) is 0 Å². The van der Waals surface area contributed by atoms with Crippen LogP contribution in [0.2, 0.25) is 0 Å².